The van der Waals surface area contributed by atoms with Crippen molar-refractivity contribution in [1.29, 1.82) is 0 Å². The molecule has 5 heteroatoms. The predicted molar refractivity (Wildman–Crippen MR) is 92.0 cm³/mol. The molecule has 0 heterocycles. The maximum atomic E-state index is 12.8. The Kier molecular flexibility index (Phi) is 4.32. The lowest BCUT2D eigenvalue weighted by atomic mass is 10.1. The minimum atomic E-state index is -1.45. The summed E-state index contributed by atoms with van der Waals surface area (Å²) in [7, 11) is 0.131. The zero-order valence-electron chi connectivity index (χ0n) is 11.9. The van der Waals surface area contributed by atoms with E-state index >= 15 is 0 Å². The number of hydrogen-bond donors (Lipinski definition) is 1. The van der Waals surface area contributed by atoms with Crippen LogP contribution < -0.4 is 9.46 Å². The van der Waals surface area contributed by atoms with Crippen LogP contribution in [0, 0.1) is 0 Å². The Morgan fingerprint density at radius 3 is 2.45 bits per heavy atom. The molecule has 1 atom stereocenters. The Balaban J connectivity index is 2.04. The first-order chi connectivity index (χ1) is 10.7. The summed E-state index contributed by atoms with van der Waals surface area (Å²) in [5, 5.41) is 2.56. The van der Waals surface area contributed by atoms with Crippen LogP contribution in [0.2, 0.25) is 5.02 Å². The lowest BCUT2D eigenvalue weighted by molar-refractivity contribution is 0.405. The molecule has 0 radical (unpaired) electrons. The second-order valence-corrected chi connectivity index (χ2v) is 6.28. The third-order valence-electron chi connectivity index (χ3n) is 3.30. The third kappa shape index (κ3) is 2.93. The van der Waals surface area contributed by atoms with Gasteiger partial charge in [-0.05, 0) is 35.7 Å². The van der Waals surface area contributed by atoms with Gasteiger partial charge < -0.3 is 9.46 Å². The summed E-state index contributed by atoms with van der Waals surface area (Å²) in [6.45, 7) is 0. The fourth-order valence-corrected chi connectivity index (χ4v) is 3.55. The molecule has 0 saturated heterocycles. The molecule has 3 aromatic carbocycles. The molecule has 0 saturated carbocycles. The number of ether oxygens (including phenoxy) is 1. The summed E-state index contributed by atoms with van der Waals surface area (Å²) in [6, 6.07) is 18.7. The van der Waals surface area contributed by atoms with E-state index in [1.165, 1.54) is 0 Å². The van der Waals surface area contributed by atoms with Gasteiger partial charge in [-0.2, -0.15) is 0 Å². The van der Waals surface area contributed by atoms with Crippen LogP contribution >= 0.6 is 11.6 Å². The smallest absolute Gasteiger partial charge is 0.154 e. The highest BCUT2D eigenvalue weighted by atomic mass is 35.5. The van der Waals surface area contributed by atoms with Crippen molar-refractivity contribution in [2.24, 2.45) is 0 Å². The lowest BCUT2D eigenvalue weighted by Gasteiger charge is -2.13. The second kappa shape index (κ2) is 6.38. The zero-order valence-corrected chi connectivity index (χ0v) is 13.4. The van der Waals surface area contributed by atoms with Gasteiger partial charge in [0.2, 0.25) is 0 Å². The Hall–Kier alpha value is -2.04. The van der Waals surface area contributed by atoms with Crippen LogP contribution in [0.25, 0.3) is 10.8 Å². The molecule has 0 fully saturated rings. The number of anilines is 1. The summed E-state index contributed by atoms with van der Waals surface area (Å²) in [5.41, 5.74) is 0.734. The standard InChI is InChI=1S/C17H14ClNO2S/c1-21-16-11-6-12-4-2-3-5-15(12)17(16)22(20)19-14-9-7-13(18)8-10-14/h2-11,19H,1H3/t22-/m0/s1. The first-order valence-electron chi connectivity index (χ1n) is 6.69. The van der Waals surface area contributed by atoms with Gasteiger partial charge in [0.15, 0.2) is 11.0 Å². The highest BCUT2D eigenvalue weighted by Crippen LogP contribution is 2.31. The van der Waals surface area contributed by atoms with Gasteiger partial charge in [-0.25, -0.2) is 4.21 Å². The second-order valence-electron chi connectivity index (χ2n) is 4.70. The van der Waals surface area contributed by atoms with E-state index in [2.05, 4.69) is 4.72 Å². The number of rotatable bonds is 4. The van der Waals surface area contributed by atoms with E-state index in [-0.39, 0.29) is 0 Å². The van der Waals surface area contributed by atoms with Crippen LogP contribution in [0.15, 0.2) is 65.6 Å². The summed E-state index contributed by atoms with van der Waals surface area (Å²) < 4.78 is 21.1. The van der Waals surface area contributed by atoms with E-state index in [4.69, 9.17) is 16.3 Å². The monoisotopic (exact) mass is 331 g/mol. The van der Waals surface area contributed by atoms with Gasteiger partial charge in [-0.1, -0.05) is 41.9 Å². The molecule has 0 spiro atoms. The molecular formula is C17H14ClNO2S. The summed E-state index contributed by atoms with van der Waals surface area (Å²) in [5.74, 6) is 0.596. The largest absolute Gasteiger partial charge is 0.495 e. The maximum absolute atomic E-state index is 12.8. The number of benzene rings is 3. The van der Waals surface area contributed by atoms with E-state index < -0.39 is 11.0 Å². The molecule has 3 aromatic rings. The lowest BCUT2D eigenvalue weighted by Crippen LogP contribution is -2.07. The summed E-state index contributed by atoms with van der Waals surface area (Å²) in [4.78, 5) is 0.635. The first-order valence-corrected chi connectivity index (χ1v) is 8.21. The van der Waals surface area contributed by atoms with E-state index in [9.17, 15) is 4.21 Å². The molecule has 0 aliphatic rings. The molecule has 0 bridgehead atoms. The van der Waals surface area contributed by atoms with Crippen LogP contribution in [0.4, 0.5) is 5.69 Å². The molecule has 0 aromatic heterocycles. The molecule has 0 aliphatic carbocycles. The van der Waals surface area contributed by atoms with Gasteiger partial charge in [0.05, 0.1) is 7.11 Å². The van der Waals surface area contributed by atoms with Crippen LogP contribution in [-0.4, -0.2) is 11.3 Å². The minimum absolute atomic E-state index is 0.596. The topological polar surface area (TPSA) is 38.3 Å². The van der Waals surface area contributed by atoms with Crippen LogP contribution in [-0.2, 0) is 11.0 Å². The molecule has 0 aliphatic heterocycles. The third-order valence-corrected chi connectivity index (χ3v) is 4.77. The van der Waals surface area contributed by atoms with Gasteiger partial charge in [-0.3, -0.25) is 0 Å². The summed E-state index contributed by atoms with van der Waals surface area (Å²) >= 11 is 5.87. The molecular weight excluding hydrogens is 318 g/mol. The van der Waals surface area contributed by atoms with Crippen molar-refractivity contribution < 1.29 is 8.95 Å². The zero-order chi connectivity index (χ0) is 15.5. The fraction of sp³-hybridized carbons (Fsp3) is 0.0588. The van der Waals surface area contributed by atoms with Crippen LogP contribution in [0.1, 0.15) is 0 Å². The molecule has 112 valence electrons. The van der Waals surface area contributed by atoms with Crippen LogP contribution in [0.5, 0.6) is 5.75 Å². The van der Waals surface area contributed by atoms with Crippen molar-refractivity contribution in [3.63, 3.8) is 0 Å². The first kappa shape index (κ1) is 14.9. The van der Waals surface area contributed by atoms with Crippen molar-refractivity contribution in [3.8, 4) is 5.75 Å². The molecule has 3 rings (SSSR count). The average Bonchev–Trinajstić information content (AvgIpc) is 2.55. The number of hydrogen-bond acceptors (Lipinski definition) is 2. The number of methoxy groups -OCH3 is 1. The number of nitrogens with one attached hydrogen (secondary N) is 1. The number of fused-ring (bicyclic) bond motifs is 1. The van der Waals surface area contributed by atoms with Crippen molar-refractivity contribution in [2.75, 3.05) is 11.8 Å². The Bertz CT molecular complexity index is 834. The minimum Gasteiger partial charge on any atom is -0.495 e. The van der Waals surface area contributed by atoms with E-state index in [1.807, 2.05) is 36.4 Å². The van der Waals surface area contributed by atoms with Gasteiger partial charge in [-0.15, -0.1) is 0 Å². The highest BCUT2D eigenvalue weighted by molar-refractivity contribution is 7.86. The highest BCUT2D eigenvalue weighted by Gasteiger charge is 2.15. The Labute approximate surface area is 136 Å². The SMILES string of the molecule is COc1ccc2ccccc2c1[S@](=O)Nc1ccc(Cl)cc1. The summed E-state index contributed by atoms with van der Waals surface area (Å²) in [6.07, 6.45) is 0. The van der Waals surface area contributed by atoms with Gasteiger partial charge >= 0.3 is 0 Å². The molecule has 22 heavy (non-hydrogen) atoms. The van der Waals surface area contributed by atoms with Gasteiger partial charge in [0.1, 0.15) is 10.6 Å². The van der Waals surface area contributed by atoms with Crippen molar-refractivity contribution >= 4 is 39.0 Å². The van der Waals surface area contributed by atoms with E-state index in [1.54, 1.807) is 31.4 Å². The van der Waals surface area contributed by atoms with Crippen molar-refractivity contribution in [3.05, 3.63) is 65.7 Å². The Morgan fingerprint density at radius 2 is 1.73 bits per heavy atom. The predicted octanol–water partition coefficient (Wildman–Crippen LogP) is 4.64. The fourth-order valence-electron chi connectivity index (χ4n) is 2.25. The van der Waals surface area contributed by atoms with Gasteiger partial charge in [0, 0.05) is 16.1 Å². The maximum Gasteiger partial charge on any atom is 0.154 e. The molecule has 0 amide bonds. The van der Waals surface area contributed by atoms with Crippen LogP contribution in [0.3, 0.4) is 0 Å². The quantitative estimate of drug-likeness (QED) is 0.756. The van der Waals surface area contributed by atoms with Crippen molar-refractivity contribution in [2.45, 2.75) is 4.90 Å². The molecule has 1 N–H and O–H groups in total. The van der Waals surface area contributed by atoms with Gasteiger partial charge in [0.25, 0.3) is 0 Å². The van der Waals surface area contributed by atoms with E-state index in [0.717, 1.165) is 16.5 Å². The molecule has 0 unspecified atom stereocenters. The normalized spacial score (nSPS) is 12.1. The molecule has 3 nitrogen and oxygen atoms in total. The van der Waals surface area contributed by atoms with E-state index in [0.29, 0.717) is 15.7 Å². The number of halogens is 1. The Morgan fingerprint density at radius 1 is 1.00 bits per heavy atom. The average molecular weight is 332 g/mol. The van der Waals surface area contributed by atoms with Crippen molar-refractivity contribution in [1.82, 2.24) is 0 Å².